The summed E-state index contributed by atoms with van der Waals surface area (Å²) < 4.78 is 10.9. The topological polar surface area (TPSA) is 55.8 Å². The number of halogens is 1. The third-order valence-corrected chi connectivity index (χ3v) is 5.91. The van der Waals surface area contributed by atoms with Crippen LogP contribution in [-0.2, 0) is 14.3 Å². The fraction of sp³-hybridized carbons (Fsp3) is 0.174. The van der Waals surface area contributed by atoms with Crippen LogP contribution in [0.15, 0.2) is 59.5 Å². The Morgan fingerprint density at radius 2 is 1.81 bits per heavy atom. The minimum absolute atomic E-state index is 0.103. The van der Waals surface area contributed by atoms with Gasteiger partial charge in [-0.15, -0.1) is 0 Å². The molecular formula is C23H20ClNO4S2. The smallest absolute Gasteiger partial charge is 0.336 e. The molecule has 0 aliphatic carbocycles. The maximum absolute atomic E-state index is 12.6. The molecule has 0 N–H and O–H groups in total. The van der Waals surface area contributed by atoms with E-state index in [1.165, 1.54) is 17.8 Å². The lowest BCUT2D eigenvalue weighted by Gasteiger charge is -2.13. The van der Waals surface area contributed by atoms with Crippen LogP contribution in [0.4, 0.5) is 0 Å². The van der Waals surface area contributed by atoms with Crippen LogP contribution >= 0.6 is 35.6 Å². The van der Waals surface area contributed by atoms with E-state index in [0.29, 0.717) is 33.1 Å². The number of thiocarbonyl (C=S) groups is 1. The number of hydrogen-bond acceptors (Lipinski definition) is 6. The number of methoxy groups -OCH3 is 1. The van der Waals surface area contributed by atoms with E-state index in [1.807, 2.05) is 0 Å². The van der Waals surface area contributed by atoms with Gasteiger partial charge >= 0.3 is 5.97 Å². The molecule has 1 aliphatic heterocycles. The van der Waals surface area contributed by atoms with Crippen LogP contribution in [0.1, 0.15) is 17.5 Å². The molecule has 1 aliphatic rings. The third kappa shape index (κ3) is 6.77. The van der Waals surface area contributed by atoms with E-state index in [-0.39, 0.29) is 5.91 Å². The van der Waals surface area contributed by atoms with Gasteiger partial charge in [-0.05, 0) is 54.0 Å². The maximum atomic E-state index is 12.6. The molecule has 8 heteroatoms. The summed E-state index contributed by atoms with van der Waals surface area (Å²) in [7, 11) is 1.63. The molecule has 5 nitrogen and oxygen atoms in total. The number of esters is 1. The molecule has 1 amide bonds. The van der Waals surface area contributed by atoms with Crippen molar-refractivity contribution in [3.05, 3.63) is 75.7 Å². The van der Waals surface area contributed by atoms with Crippen molar-refractivity contribution in [2.45, 2.75) is 6.42 Å². The van der Waals surface area contributed by atoms with Crippen LogP contribution in [0.2, 0.25) is 5.02 Å². The van der Waals surface area contributed by atoms with E-state index in [0.717, 1.165) is 17.5 Å². The number of amides is 1. The minimum atomic E-state index is -0.486. The number of benzene rings is 2. The second-order valence-electron chi connectivity index (χ2n) is 6.55. The molecule has 2 aromatic carbocycles. The molecule has 1 fully saturated rings. The molecule has 0 aromatic heterocycles. The van der Waals surface area contributed by atoms with E-state index < -0.39 is 5.97 Å². The molecule has 0 spiro atoms. The second kappa shape index (κ2) is 11.2. The first-order chi connectivity index (χ1) is 15.0. The van der Waals surface area contributed by atoms with Gasteiger partial charge in [0.1, 0.15) is 10.1 Å². The molecule has 1 saturated heterocycles. The highest BCUT2D eigenvalue weighted by Gasteiger charge is 2.31. The average molecular weight is 474 g/mol. The first-order valence-electron chi connectivity index (χ1n) is 9.46. The van der Waals surface area contributed by atoms with Crippen molar-refractivity contribution >= 4 is 63.9 Å². The quantitative estimate of drug-likeness (QED) is 0.173. The summed E-state index contributed by atoms with van der Waals surface area (Å²) >= 11 is 12.4. The number of nitrogens with zero attached hydrogens (tertiary/aromatic N) is 1. The molecule has 0 atom stereocenters. The van der Waals surface area contributed by atoms with Gasteiger partial charge in [0.15, 0.2) is 0 Å². The zero-order valence-electron chi connectivity index (χ0n) is 16.7. The van der Waals surface area contributed by atoms with E-state index in [9.17, 15) is 9.59 Å². The number of ether oxygens (including phenoxy) is 2. The van der Waals surface area contributed by atoms with Crippen LogP contribution in [0.5, 0.6) is 5.75 Å². The normalized spacial score (nSPS) is 15.3. The van der Waals surface area contributed by atoms with Crippen LogP contribution < -0.4 is 4.74 Å². The van der Waals surface area contributed by atoms with Crippen LogP contribution in [0.3, 0.4) is 0 Å². The van der Waals surface area contributed by atoms with E-state index in [4.69, 9.17) is 33.3 Å². The van der Waals surface area contributed by atoms with Crippen molar-refractivity contribution in [1.82, 2.24) is 4.90 Å². The van der Waals surface area contributed by atoms with Gasteiger partial charge in [0.25, 0.3) is 5.91 Å². The molecule has 0 saturated carbocycles. The summed E-state index contributed by atoms with van der Waals surface area (Å²) in [5.74, 6) is -0.177. The summed E-state index contributed by atoms with van der Waals surface area (Å²) in [6, 6.07) is 14.0. The second-order valence-corrected chi connectivity index (χ2v) is 8.67. The van der Waals surface area contributed by atoms with Crippen molar-refractivity contribution in [2.24, 2.45) is 0 Å². The Labute approximate surface area is 195 Å². The third-order valence-electron chi connectivity index (χ3n) is 4.28. The van der Waals surface area contributed by atoms with Crippen molar-refractivity contribution < 1.29 is 19.1 Å². The van der Waals surface area contributed by atoms with Gasteiger partial charge in [-0.3, -0.25) is 9.69 Å². The Hall–Kier alpha value is -2.45. The lowest BCUT2D eigenvalue weighted by atomic mass is 10.2. The Morgan fingerprint density at radius 1 is 1.13 bits per heavy atom. The average Bonchev–Trinajstić information content (AvgIpc) is 3.02. The molecule has 2 aromatic rings. The molecule has 0 unspecified atom stereocenters. The van der Waals surface area contributed by atoms with E-state index in [1.54, 1.807) is 72.7 Å². The molecule has 0 radical (unpaired) electrons. The highest BCUT2D eigenvalue weighted by Crippen LogP contribution is 2.32. The number of hydrogen-bond donors (Lipinski definition) is 0. The summed E-state index contributed by atoms with van der Waals surface area (Å²) in [6.45, 7) is 1.11. The van der Waals surface area contributed by atoms with Gasteiger partial charge in [0, 0.05) is 31.4 Å². The molecule has 31 heavy (non-hydrogen) atoms. The van der Waals surface area contributed by atoms with Gasteiger partial charge < -0.3 is 9.47 Å². The van der Waals surface area contributed by atoms with Crippen molar-refractivity contribution in [2.75, 3.05) is 20.3 Å². The SMILES string of the molecule is COCCCN1C(=O)/C(=C\c2ccc(OC(=O)/C=C/c3ccc(Cl)cc3)cc2)SC1=S. The molecule has 0 bridgehead atoms. The van der Waals surface area contributed by atoms with Gasteiger partial charge in [-0.25, -0.2) is 4.79 Å². The number of carbonyl (C=O) groups is 2. The molecular weight excluding hydrogens is 454 g/mol. The van der Waals surface area contributed by atoms with Crippen LogP contribution in [0, 0.1) is 0 Å². The Bertz CT molecular complexity index is 1020. The van der Waals surface area contributed by atoms with Gasteiger partial charge in [0.2, 0.25) is 0 Å². The van der Waals surface area contributed by atoms with E-state index in [2.05, 4.69) is 0 Å². The predicted octanol–water partition coefficient (Wildman–Crippen LogP) is 5.20. The highest BCUT2D eigenvalue weighted by atomic mass is 35.5. The molecule has 160 valence electrons. The van der Waals surface area contributed by atoms with Crippen LogP contribution in [-0.4, -0.2) is 41.4 Å². The van der Waals surface area contributed by atoms with Crippen LogP contribution in [0.25, 0.3) is 12.2 Å². The lowest BCUT2D eigenvalue weighted by molar-refractivity contribution is -0.129. The summed E-state index contributed by atoms with van der Waals surface area (Å²) in [6.07, 6.45) is 5.51. The van der Waals surface area contributed by atoms with Crippen molar-refractivity contribution in [3.8, 4) is 5.75 Å². The maximum Gasteiger partial charge on any atom is 0.336 e. The Kier molecular flexibility index (Phi) is 8.43. The van der Waals surface area contributed by atoms with Gasteiger partial charge in [-0.2, -0.15) is 0 Å². The minimum Gasteiger partial charge on any atom is -0.423 e. The highest BCUT2D eigenvalue weighted by molar-refractivity contribution is 8.26. The monoisotopic (exact) mass is 473 g/mol. The molecule has 1 heterocycles. The van der Waals surface area contributed by atoms with Gasteiger partial charge in [0.05, 0.1) is 4.91 Å². The zero-order valence-corrected chi connectivity index (χ0v) is 19.1. The predicted molar refractivity (Wildman–Crippen MR) is 129 cm³/mol. The fourth-order valence-corrected chi connectivity index (χ4v) is 4.17. The number of carbonyl (C=O) groups excluding carboxylic acids is 2. The zero-order chi connectivity index (χ0) is 22.2. The summed E-state index contributed by atoms with van der Waals surface area (Å²) in [5, 5.41) is 0.633. The molecule has 3 rings (SSSR count). The van der Waals surface area contributed by atoms with Crippen molar-refractivity contribution in [1.29, 1.82) is 0 Å². The number of thioether (sulfide) groups is 1. The number of rotatable bonds is 8. The standard InChI is InChI=1S/C23H20ClNO4S2/c1-28-14-2-13-25-22(27)20(31-23(25)30)15-17-5-10-19(11-6-17)29-21(26)12-7-16-3-8-18(24)9-4-16/h3-12,15H,2,13-14H2,1H3/b12-7+,20-15+. The first kappa shape index (κ1) is 23.2. The lowest BCUT2D eigenvalue weighted by Crippen LogP contribution is -2.29. The fourth-order valence-electron chi connectivity index (χ4n) is 2.73. The summed E-state index contributed by atoms with van der Waals surface area (Å²) in [5.41, 5.74) is 1.66. The van der Waals surface area contributed by atoms with E-state index >= 15 is 0 Å². The summed E-state index contributed by atoms with van der Waals surface area (Å²) in [4.78, 5) is 26.7. The Morgan fingerprint density at radius 3 is 2.48 bits per heavy atom. The Balaban J connectivity index is 1.58. The first-order valence-corrected chi connectivity index (χ1v) is 11.1. The largest absolute Gasteiger partial charge is 0.423 e. The van der Waals surface area contributed by atoms with Crippen molar-refractivity contribution in [3.63, 3.8) is 0 Å². The van der Waals surface area contributed by atoms with Gasteiger partial charge in [-0.1, -0.05) is 59.8 Å².